The second kappa shape index (κ2) is 8.28. The van der Waals surface area contributed by atoms with Crippen molar-refractivity contribution in [1.29, 1.82) is 0 Å². The fourth-order valence-electron chi connectivity index (χ4n) is 4.45. The number of hydrogen-bond acceptors (Lipinski definition) is 6. The minimum atomic E-state index is -0.840. The molecule has 0 spiro atoms. The molecule has 0 bridgehead atoms. The minimum Gasteiger partial charge on any atom is -0.496 e. The van der Waals surface area contributed by atoms with Crippen LogP contribution in [0.25, 0.3) is 22.3 Å². The topological polar surface area (TPSA) is 72.1 Å². The van der Waals surface area contributed by atoms with Gasteiger partial charge in [0.1, 0.15) is 39.9 Å². The van der Waals surface area contributed by atoms with Crippen LogP contribution < -0.4 is 14.9 Å². The Balaban J connectivity index is 2.09. The van der Waals surface area contributed by atoms with Gasteiger partial charge in [-0.05, 0) is 32.1 Å². The Hall–Kier alpha value is -2.97. The number of hydrogen-bond donors (Lipinski definition) is 1. The first-order valence-corrected chi connectivity index (χ1v) is 9.89. The maximum atomic E-state index is 14.4. The second-order valence-corrected chi connectivity index (χ2v) is 7.60. The molecule has 8 heteroatoms. The Morgan fingerprint density at radius 3 is 2.45 bits per heavy atom. The molecule has 0 amide bonds. The molecule has 3 aromatic rings. The average Bonchev–Trinajstić information content (AvgIpc) is 3.12. The van der Waals surface area contributed by atoms with Crippen molar-refractivity contribution in [3.05, 3.63) is 57.8 Å². The zero-order valence-corrected chi connectivity index (χ0v) is 17.4. The highest BCUT2D eigenvalue weighted by atomic mass is 19.1. The van der Waals surface area contributed by atoms with Crippen molar-refractivity contribution in [3.8, 4) is 22.8 Å². The quantitative estimate of drug-likeness (QED) is 0.666. The third-order valence-corrected chi connectivity index (χ3v) is 6.00. The first-order chi connectivity index (χ1) is 14.9. The van der Waals surface area contributed by atoms with Gasteiger partial charge in [-0.3, -0.25) is 4.79 Å². The average molecular weight is 431 g/mol. The Bertz CT molecular complexity index is 1170. The predicted octanol–water partition coefficient (Wildman–Crippen LogP) is 3.54. The van der Waals surface area contributed by atoms with E-state index in [4.69, 9.17) is 13.9 Å². The number of likely N-dealkylation sites (N-methyl/N-ethyl adjacent to an activating group) is 1. The summed E-state index contributed by atoms with van der Waals surface area (Å²) in [6.07, 6.45) is 0.682. The molecule has 1 aliphatic heterocycles. The number of methoxy groups -OCH3 is 2. The summed E-state index contributed by atoms with van der Waals surface area (Å²) >= 11 is 0. The number of aliphatic hydroxyl groups excluding tert-OH is 1. The molecular weight excluding hydrogens is 408 g/mol. The van der Waals surface area contributed by atoms with Crippen LogP contribution in [0.2, 0.25) is 0 Å². The number of nitrogens with zero attached hydrogens (tertiary/aromatic N) is 1. The highest BCUT2D eigenvalue weighted by molar-refractivity contribution is 5.90. The zero-order valence-electron chi connectivity index (χ0n) is 17.4. The van der Waals surface area contributed by atoms with Crippen molar-refractivity contribution < 1.29 is 27.8 Å². The van der Waals surface area contributed by atoms with Crippen LogP contribution >= 0.6 is 0 Å². The molecule has 0 saturated carbocycles. The number of fused-ring (bicyclic) bond motifs is 1. The van der Waals surface area contributed by atoms with Gasteiger partial charge in [-0.2, -0.15) is 0 Å². The molecule has 1 saturated heterocycles. The zero-order chi connectivity index (χ0) is 22.3. The first kappa shape index (κ1) is 21.3. The van der Waals surface area contributed by atoms with Gasteiger partial charge in [-0.1, -0.05) is 6.07 Å². The molecule has 1 aliphatic rings. The number of rotatable bonds is 5. The van der Waals surface area contributed by atoms with Crippen molar-refractivity contribution in [1.82, 2.24) is 4.90 Å². The SMILES string of the molecule is COc1cc(OC)c2c(=O)cc(-c3c(F)cccc3F)oc2c1C1CCN(C)C1CO. The highest BCUT2D eigenvalue weighted by Crippen LogP contribution is 2.45. The van der Waals surface area contributed by atoms with Crippen LogP contribution in [0.3, 0.4) is 0 Å². The largest absolute Gasteiger partial charge is 0.496 e. The van der Waals surface area contributed by atoms with E-state index in [-0.39, 0.29) is 41.0 Å². The highest BCUT2D eigenvalue weighted by Gasteiger charge is 2.37. The summed E-state index contributed by atoms with van der Waals surface area (Å²) in [6, 6.07) is 5.87. The standard InChI is InChI=1S/C23H23F2NO5/c1-26-8-7-12(15(26)11-27)20-17(29-2)10-18(30-3)22-16(28)9-19(31-23(20)22)21-13(24)5-4-6-14(21)25/h4-6,9-10,12,15,27H,7-8,11H2,1-3H3. The van der Waals surface area contributed by atoms with Crippen molar-refractivity contribution in [2.24, 2.45) is 0 Å². The third-order valence-electron chi connectivity index (χ3n) is 6.00. The molecule has 1 aromatic heterocycles. The molecule has 31 heavy (non-hydrogen) atoms. The maximum Gasteiger partial charge on any atom is 0.197 e. The summed E-state index contributed by atoms with van der Waals surface area (Å²) in [7, 11) is 4.79. The molecule has 0 aliphatic carbocycles. The van der Waals surface area contributed by atoms with Crippen molar-refractivity contribution in [2.75, 3.05) is 34.4 Å². The van der Waals surface area contributed by atoms with Gasteiger partial charge in [-0.15, -0.1) is 0 Å². The van der Waals surface area contributed by atoms with Crippen LogP contribution in [0.5, 0.6) is 11.5 Å². The summed E-state index contributed by atoms with van der Waals surface area (Å²) in [5.41, 5.74) is -0.208. The lowest BCUT2D eigenvalue weighted by molar-refractivity contribution is 0.171. The third kappa shape index (κ3) is 3.45. The van der Waals surface area contributed by atoms with E-state index in [9.17, 15) is 18.7 Å². The number of benzene rings is 2. The smallest absolute Gasteiger partial charge is 0.197 e. The molecule has 2 heterocycles. The molecule has 6 nitrogen and oxygen atoms in total. The Morgan fingerprint density at radius 2 is 1.84 bits per heavy atom. The van der Waals surface area contributed by atoms with Crippen molar-refractivity contribution in [3.63, 3.8) is 0 Å². The molecule has 2 atom stereocenters. The monoisotopic (exact) mass is 431 g/mol. The fraction of sp³-hybridized carbons (Fsp3) is 0.348. The van der Waals surface area contributed by atoms with Gasteiger partial charge >= 0.3 is 0 Å². The normalized spacial score (nSPS) is 19.2. The molecule has 4 rings (SSSR count). The van der Waals surface area contributed by atoms with Gasteiger partial charge < -0.3 is 23.9 Å². The lowest BCUT2D eigenvalue weighted by atomic mass is 9.89. The summed E-state index contributed by atoms with van der Waals surface area (Å²) in [6.45, 7) is 0.613. The molecule has 1 N–H and O–H groups in total. The summed E-state index contributed by atoms with van der Waals surface area (Å²) in [4.78, 5) is 15.1. The summed E-state index contributed by atoms with van der Waals surface area (Å²) in [5, 5.41) is 10.1. The predicted molar refractivity (Wildman–Crippen MR) is 112 cm³/mol. The fourth-order valence-corrected chi connectivity index (χ4v) is 4.45. The second-order valence-electron chi connectivity index (χ2n) is 7.60. The van der Waals surface area contributed by atoms with Gasteiger partial charge in [0.05, 0.1) is 26.4 Å². The van der Waals surface area contributed by atoms with Gasteiger partial charge in [0, 0.05) is 29.7 Å². The van der Waals surface area contributed by atoms with Crippen LogP contribution in [-0.4, -0.2) is 50.5 Å². The maximum absolute atomic E-state index is 14.4. The Morgan fingerprint density at radius 1 is 1.16 bits per heavy atom. The number of ether oxygens (including phenoxy) is 2. The first-order valence-electron chi connectivity index (χ1n) is 9.89. The molecule has 2 unspecified atom stereocenters. The Kier molecular flexibility index (Phi) is 5.68. The van der Waals surface area contributed by atoms with E-state index in [0.717, 1.165) is 24.7 Å². The Labute approximate surface area is 177 Å². The van der Waals surface area contributed by atoms with Gasteiger partial charge in [0.25, 0.3) is 0 Å². The molecule has 164 valence electrons. The van der Waals surface area contributed by atoms with Crippen LogP contribution in [0, 0.1) is 11.6 Å². The van der Waals surface area contributed by atoms with Gasteiger partial charge in [0.2, 0.25) is 0 Å². The minimum absolute atomic E-state index is 0.107. The summed E-state index contributed by atoms with van der Waals surface area (Å²) in [5.74, 6) is -1.48. The van der Waals surface area contributed by atoms with E-state index < -0.39 is 22.6 Å². The number of halogens is 2. The van der Waals surface area contributed by atoms with Crippen LogP contribution in [0.15, 0.2) is 39.5 Å². The lowest BCUT2D eigenvalue weighted by Gasteiger charge is -2.25. The van der Waals surface area contributed by atoms with Crippen molar-refractivity contribution in [2.45, 2.75) is 18.4 Å². The van der Waals surface area contributed by atoms with Gasteiger partial charge in [0.15, 0.2) is 5.43 Å². The van der Waals surface area contributed by atoms with Gasteiger partial charge in [-0.25, -0.2) is 8.78 Å². The lowest BCUT2D eigenvalue weighted by Crippen LogP contribution is -2.32. The van der Waals surface area contributed by atoms with E-state index in [1.54, 1.807) is 6.07 Å². The van der Waals surface area contributed by atoms with Crippen LogP contribution in [-0.2, 0) is 0 Å². The molecular formula is C23H23F2NO5. The molecule has 0 radical (unpaired) electrons. The van der Waals surface area contributed by atoms with E-state index in [0.29, 0.717) is 17.7 Å². The number of aliphatic hydroxyl groups is 1. The van der Waals surface area contributed by atoms with Crippen LogP contribution in [0.1, 0.15) is 17.9 Å². The van der Waals surface area contributed by atoms with E-state index in [1.807, 2.05) is 11.9 Å². The van der Waals surface area contributed by atoms with E-state index in [1.165, 1.54) is 20.3 Å². The van der Waals surface area contributed by atoms with Crippen molar-refractivity contribution >= 4 is 11.0 Å². The van der Waals surface area contributed by atoms with E-state index >= 15 is 0 Å². The van der Waals surface area contributed by atoms with Crippen LogP contribution in [0.4, 0.5) is 8.78 Å². The molecule has 1 fully saturated rings. The molecule has 2 aromatic carbocycles. The number of likely N-dealkylation sites (tertiary alicyclic amines) is 1. The summed E-state index contributed by atoms with van der Waals surface area (Å²) < 4.78 is 45.8. The van der Waals surface area contributed by atoms with E-state index in [2.05, 4.69) is 0 Å².